The Hall–Kier alpha value is -2.37. The molecule has 2 rings (SSSR count). The van der Waals surface area contributed by atoms with Gasteiger partial charge in [-0.05, 0) is 24.1 Å². The van der Waals surface area contributed by atoms with Gasteiger partial charge in [-0.1, -0.05) is 12.1 Å². The van der Waals surface area contributed by atoms with E-state index in [1.165, 1.54) is 0 Å². The second-order valence-electron chi connectivity index (χ2n) is 4.27. The fourth-order valence-corrected chi connectivity index (χ4v) is 1.72. The molecule has 0 fully saturated rings. The van der Waals surface area contributed by atoms with Crippen molar-refractivity contribution in [3.8, 4) is 5.75 Å². The number of aromatic hydroxyl groups is 1. The Labute approximate surface area is 110 Å². The van der Waals surface area contributed by atoms with Crippen LogP contribution in [0.1, 0.15) is 18.4 Å². The summed E-state index contributed by atoms with van der Waals surface area (Å²) in [6.07, 6.45) is 1.34. The summed E-state index contributed by atoms with van der Waals surface area (Å²) >= 11 is 0. The lowest BCUT2D eigenvalue weighted by atomic mass is 10.1. The van der Waals surface area contributed by atoms with Gasteiger partial charge < -0.3 is 10.4 Å². The minimum atomic E-state index is -0.251. The average molecular weight is 261 g/mol. The first kappa shape index (κ1) is 13.1. The highest BCUT2D eigenvalue weighted by Gasteiger charge is 2.17. The van der Waals surface area contributed by atoms with Crippen LogP contribution in [0.25, 0.3) is 0 Å². The minimum Gasteiger partial charge on any atom is -0.508 e. The molecule has 0 bridgehead atoms. The van der Waals surface area contributed by atoms with Crippen LogP contribution in [-0.2, 0) is 16.0 Å². The van der Waals surface area contributed by atoms with Crippen LogP contribution in [0.4, 0.5) is 0 Å². The van der Waals surface area contributed by atoms with Crippen molar-refractivity contribution in [2.24, 2.45) is 5.10 Å². The number of phenolic OH excluding ortho intramolecular Hbond substituents is 1. The number of hydrogen-bond acceptors (Lipinski definition) is 4. The van der Waals surface area contributed by atoms with Crippen LogP contribution in [-0.4, -0.2) is 29.2 Å². The van der Waals surface area contributed by atoms with Gasteiger partial charge in [0.15, 0.2) is 0 Å². The van der Waals surface area contributed by atoms with E-state index in [0.717, 1.165) is 5.56 Å². The molecule has 1 aromatic carbocycles. The second-order valence-corrected chi connectivity index (χ2v) is 4.27. The molecule has 6 heteroatoms. The molecule has 0 atom stereocenters. The summed E-state index contributed by atoms with van der Waals surface area (Å²) in [5, 5.41) is 15.6. The Balaban J connectivity index is 1.78. The van der Waals surface area contributed by atoms with Gasteiger partial charge in [-0.25, -0.2) is 5.43 Å². The van der Waals surface area contributed by atoms with Crippen LogP contribution < -0.4 is 10.7 Å². The third-order valence-electron chi connectivity index (χ3n) is 2.80. The van der Waals surface area contributed by atoms with Crippen molar-refractivity contribution in [3.05, 3.63) is 29.8 Å². The van der Waals surface area contributed by atoms with Crippen LogP contribution in [0.5, 0.6) is 5.75 Å². The van der Waals surface area contributed by atoms with E-state index in [0.29, 0.717) is 31.5 Å². The summed E-state index contributed by atoms with van der Waals surface area (Å²) in [6.45, 7) is 0.483. The van der Waals surface area contributed by atoms with Crippen molar-refractivity contribution in [1.29, 1.82) is 0 Å². The summed E-state index contributed by atoms with van der Waals surface area (Å²) in [4.78, 5) is 22.6. The Kier molecular flexibility index (Phi) is 4.12. The summed E-state index contributed by atoms with van der Waals surface area (Å²) in [6, 6.07) is 6.83. The molecular formula is C13H15N3O3. The van der Waals surface area contributed by atoms with Gasteiger partial charge in [0.1, 0.15) is 11.5 Å². The van der Waals surface area contributed by atoms with Crippen molar-refractivity contribution >= 4 is 17.5 Å². The molecule has 0 unspecified atom stereocenters. The molecule has 0 saturated carbocycles. The van der Waals surface area contributed by atoms with E-state index in [9.17, 15) is 9.59 Å². The quantitative estimate of drug-likeness (QED) is 0.729. The fraction of sp³-hybridized carbons (Fsp3) is 0.308. The molecule has 0 aliphatic carbocycles. The third-order valence-corrected chi connectivity index (χ3v) is 2.80. The van der Waals surface area contributed by atoms with E-state index >= 15 is 0 Å². The Morgan fingerprint density at radius 2 is 2.05 bits per heavy atom. The van der Waals surface area contributed by atoms with Gasteiger partial charge in [-0.3, -0.25) is 9.59 Å². The molecule has 3 N–H and O–H groups in total. The van der Waals surface area contributed by atoms with Gasteiger partial charge in [0.25, 0.3) is 5.91 Å². The van der Waals surface area contributed by atoms with Crippen LogP contribution in [0, 0.1) is 0 Å². The number of hydrogen-bond donors (Lipinski definition) is 3. The van der Waals surface area contributed by atoms with Gasteiger partial charge in [-0.2, -0.15) is 5.10 Å². The van der Waals surface area contributed by atoms with Crippen LogP contribution in [0.3, 0.4) is 0 Å². The molecule has 1 aliphatic rings. The number of carbonyl (C=O) groups excluding carboxylic acids is 2. The molecule has 1 aromatic rings. The lowest BCUT2D eigenvalue weighted by Gasteiger charge is -2.11. The molecular weight excluding hydrogens is 246 g/mol. The Bertz CT molecular complexity index is 508. The highest BCUT2D eigenvalue weighted by molar-refractivity contribution is 6.39. The van der Waals surface area contributed by atoms with Gasteiger partial charge in [0.05, 0.1) is 0 Å². The number of benzene rings is 1. The summed E-state index contributed by atoms with van der Waals surface area (Å²) in [5.41, 5.74) is 3.66. The number of amides is 2. The number of hydrazone groups is 1. The Morgan fingerprint density at radius 3 is 2.68 bits per heavy atom. The van der Waals surface area contributed by atoms with Crippen molar-refractivity contribution < 1.29 is 14.7 Å². The first-order chi connectivity index (χ1) is 9.15. The third kappa shape index (κ3) is 3.80. The maximum absolute atomic E-state index is 11.7. The highest BCUT2D eigenvalue weighted by Crippen LogP contribution is 2.09. The van der Waals surface area contributed by atoms with Gasteiger partial charge >= 0.3 is 0 Å². The topological polar surface area (TPSA) is 90.8 Å². The van der Waals surface area contributed by atoms with Gasteiger partial charge in [-0.15, -0.1) is 0 Å². The lowest BCUT2D eigenvalue weighted by molar-refractivity contribution is -0.121. The molecule has 0 aromatic heterocycles. The van der Waals surface area contributed by atoms with Crippen molar-refractivity contribution in [3.63, 3.8) is 0 Å². The Morgan fingerprint density at radius 1 is 1.32 bits per heavy atom. The predicted molar refractivity (Wildman–Crippen MR) is 69.6 cm³/mol. The number of phenols is 1. The van der Waals surface area contributed by atoms with Crippen LogP contribution in [0.15, 0.2) is 29.4 Å². The molecule has 0 radical (unpaired) electrons. The monoisotopic (exact) mass is 261 g/mol. The summed E-state index contributed by atoms with van der Waals surface area (Å²) in [5.74, 6) is -0.195. The zero-order chi connectivity index (χ0) is 13.7. The van der Waals surface area contributed by atoms with Crippen LogP contribution in [0.2, 0.25) is 0 Å². The molecule has 0 saturated heterocycles. The number of nitrogens with one attached hydrogen (secondary N) is 2. The molecule has 2 amide bonds. The standard InChI is InChI=1S/C13H15N3O3/c17-10-3-1-9(2-4-10)7-8-14-13(19)11-5-6-12(18)16-15-11/h1-4,17H,5-8H2,(H,14,19)(H,16,18). The number of nitrogens with zero attached hydrogens (tertiary/aromatic N) is 1. The molecule has 100 valence electrons. The van der Waals surface area contributed by atoms with Crippen molar-refractivity contribution in [2.75, 3.05) is 6.54 Å². The fourth-order valence-electron chi connectivity index (χ4n) is 1.72. The maximum Gasteiger partial charge on any atom is 0.267 e. The largest absolute Gasteiger partial charge is 0.508 e. The summed E-state index contributed by atoms with van der Waals surface area (Å²) < 4.78 is 0. The molecule has 1 heterocycles. The molecule has 0 spiro atoms. The highest BCUT2D eigenvalue weighted by atomic mass is 16.3. The molecule has 19 heavy (non-hydrogen) atoms. The molecule has 6 nitrogen and oxygen atoms in total. The number of rotatable bonds is 4. The molecule has 1 aliphatic heterocycles. The van der Waals surface area contributed by atoms with E-state index in [2.05, 4.69) is 15.8 Å². The first-order valence-electron chi connectivity index (χ1n) is 6.06. The van der Waals surface area contributed by atoms with Gasteiger partial charge in [0, 0.05) is 19.4 Å². The zero-order valence-electron chi connectivity index (χ0n) is 10.3. The van der Waals surface area contributed by atoms with Crippen molar-refractivity contribution in [1.82, 2.24) is 10.7 Å². The lowest BCUT2D eigenvalue weighted by Crippen LogP contribution is -2.37. The zero-order valence-corrected chi connectivity index (χ0v) is 10.3. The maximum atomic E-state index is 11.7. The van der Waals surface area contributed by atoms with E-state index in [-0.39, 0.29) is 17.6 Å². The van der Waals surface area contributed by atoms with Gasteiger partial charge in [0.2, 0.25) is 5.91 Å². The second kappa shape index (κ2) is 5.99. The smallest absolute Gasteiger partial charge is 0.267 e. The average Bonchev–Trinajstić information content (AvgIpc) is 2.41. The summed E-state index contributed by atoms with van der Waals surface area (Å²) in [7, 11) is 0. The minimum absolute atomic E-state index is 0.166. The van der Waals surface area contributed by atoms with Crippen molar-refractivity contribution in [2.45, 2.75) is 19.3 Å². The first-order valence-corrected chi connectivity index (χ1v) is 6.06. The van der Waals surface area contributed by atoms with E-state index in [1.54, 1.807) is 24.3 Å². The van der Waals surface area contributed by atoms with E-state index < -0.39 is 0 Å². The normalized spacial score (nSPS) is 14.5. The van der Waals surface area contributed by atoms with Crippen LogP contribution >= 0.6 is 0 Å². The number of carbonyl (C=O) groups is 2. The predicted octanol–water partition coefficient (Wildman–Crippen LogP) is 0.317. The van der Waals surface area contributed by atoms with E-state index in [4.69, 9.17) is 5.11 Å². The SMILES string of the molecule is O=C1CCC(C(=O)NCCc2ccc(O)cc2)=NN1. The van der Waals surface area contributed by atoms with E-state index in [1.807, 2.05) is 0 Å².